The highest BCUT2D eigenvalue weighted by molar-refractivity contribution is 7.80. The van der Waals surface area contributed by atoms with E-state index in [0.717, 1.165) is 0 Å². The maximum Gasteiger partial charge on any atom is 0.358 e. The molecule has 0 heterocycles. The van der Waals surface area contributed by atoms with Gasteiger partial charge < -0.3 is 4.55 Å². The minimum atomic E-state index is -5.22. The molecule has 0 atom stereocenters. The first kappa shape index (κ1) is 7.73. The molecule has 0 bridgehead atoms. The fraction of sp³-hybridized carbons (Fsp3) is 1.00. The Balaban J connectivity index is 3.75. The summed E-state index contributed by atoms with van der Waals surface area (Å²) in [4.78, 5) is 0. The van der Waals surface area contributed by atoms with Gasteiger partial charge >= 0.3 is 6.61 Å². The third kappa shape index (κ3) is 5.73. The summed E-state index contributed by atoms with van der Waals surface area (Å²) in [6.07, 6.45) is 0. The lowest BCUT2D eigenvalue weighted by atomic mass is 11.5. The Bertz CT molecular complexity index is 147. The molecule has 0 aromatic rings. The van der Waals surface area contributed by atoms with Gasteiger partial charge in [-0.2, -0.15) is 8.78 Å². The highest BCUT2D eigenvalue weighted by Gasteiger charge is 2.05. The molecule has 0 aromatic carbocycles. The maximum atomic E-state index is 10.7. The molecule has 0 unspecified atom stereocenters. The van der Waals surface area contributed by atoms with Crippen molar-refractivity contribution in [2.75, 3.05) is 0 Å². The third-order valence-electron chi connectivity index (χ3n) is 0.191. The summed E-state index contributed by atoms with van der Waals surface area (Å²) in [5, 5.41) is 0. The molecule has 0 aliphatic rings. The van der Waals surface area contributed by atoms with Crippen molar-refractivity contribution >= 4 is 10.4 Å². The lowest BCUT2D eigenvalue weighted by Crippen LogP contribution is -2.08. The number of rotatable bonds is 2. The molecule has 8 heavy (non-hydrogen) atoms. The Kier molecular flexibility index (Phi) is 2.26. The largest absolute Gasteiger partial charge is 0.725 e. The fourth-order valence-electron chi connectivity index (χ4n) is 0.0891. The van der Waals surface area contributed by atoms with Gasteiger partial charge in [0.15, 0.2) is 0 Å². The first-order valence-electron chi connectivity index (χ1n) is 1.34. The Morgan fingerprint density at radius 2 is 1.88 bits per heavy atom. The third-order valence-corrected chi connectivity index (χ3v) is 0.572. The van der Waals surface area contributed by atoms with Crippen LogP contribution >= 0.6 is 0 Å². The van der Waals surface area contributed by atoms with Crippen LogP contribution in [-0.4, -0.2) is 19.6 Å². The van der Waals surface area contributed by atoms with Gasteiger partial charge in [0.1, 0.15) is 0 Å². The molecule has 0 aliphatic carbocycles. The summed E-state index contributed by atoms with van der Waals surface area (Å²) in [6, 6.07) is 0. The zero-order valence-corrected chi connectivity index (χ0v) is 4.19. The first-order valence-corrected chi connectivity index (χ1v) is 2.67. The monoisotopic (exact) mass is 147 g/mol. The second-order valence-corrected chi connectivity index (χ2v) is 1.77. The van der Waals surface area contributed by atoms with Crippen molar-refractivity contribution in [3.63, 3.8) is 0 Å². The van der Waals surface area contributed by atoms with Crippen molar-refractivity contribution in [2.24, 2.45) is 0 Å². The highest BCUT2D eigenvalue weighted by Crippen LogP contribution is 1.97. The summed E-state index contributed by atoms with van der Waals surface area (Å²) in [7, 11) is -5.22. The van der Waals surface area contributed by atoms with Crippen molar-refractivity contribution in [3.8, 4) is 0 Å². The van der Waals surface area contributed by atoms with Crippen molar-refractivity contribution in [3.05, 3.63) is 0 Å². The SMILES string of the molecule is O=S(=O)([O-])OC(F)F. The molecule has 0 radical (unpaired) electrons. The van der Waals surface area contributed by atoms with E-state index in [9.17, 15) is 21.8 Å². The van der Waals surface area contributed by atoms with Crippen LogP contribution in [0.4, 0.5) is 8.78 Å². The van der Waals surface area contributed by atoms with Crippen LogP contribution in [0.2, 0.25) is 0 Å². The van der Waals surface area contributed by atoms with Crippen molar-refractivity contribution in [1.29, 1.82) is 0 Å². The zero-order valence-electron chi connectivity index (χ0n) is 3.37. The number of hydrogen-bond donors (Lipinski definition) is 0. The molecule has 0 saturated carbocycles. The van der Waals surface area contributed by atoms with Gasteiger partial charge in [-0.3, -0.25) is 0 Å². The first-order chi connectivity index (χ1) is 3.42. The van der Waals surface area contributed by atoms with Crippen molar-refractivity contribution in [1.82, 2.24) is 0 Å². The lowest BCUT2D eigenvalue weighted by Gasteiger charge is -2.03. The van der Waals surface area contributed by atoms with E-state index in [2.05, 4.69) is 4.18 Å². The summed E-state index contributed by atoms with van der Waals surface area (Å²) < 4.78 is 51.5. The molecule has 7 heteroatoms. The van der Waals surface area contributed by atoms with Gasteiger partial charge in [0, 0.05) is 0 Å². The molecule has 0 aromatic heterocycles. The summed E-state index contributed by atoms with van der Waals surface area (Å²) in [6.45, 7) is -3.56. The van der Waals surface area contributed by atoms with Crippen LogP contribution in [0.15, 0.2) is 0 Å². The topological polar surface area (TPSA) is 66.4 Å². The van der Waals surface area contributed by atoms with E-state index in [1.165, 1.54) is 0 Å². The predicted octanol–water partition coefficient (Wildman–Crippen LogP) is -0.314. The summed E-state index contributed by atoms with van der Waals surface area (Å²) >= 11 is 0. The van der Waals surface area contributed by atoms with Gasteiger partial charge in [0.25, 0.3) is 0 Å². The average Bonchev–Trinajstić information content (AvgIpc) is 1.21. The number of alkyl halides is 2. The van der Waals surface area contributed by atoms with E-state index in [0.29, 0.717) is 0 Å². The van der Waals surface area contributed by atoms with Crippen LogP contribution in [0.25, 0.3) is 0 Å². The molecule has 0 aliphatic heterocycles. The molecule has 50 valence electrons. The summed E-state index contributed by atoms with van der Waals surface area (Å²) in [5.41, 5.74) is 0. The Labute approximate surface area is 44.0 Å². The van der Waals surface area contributed by atoms with E-state index in [-0.39, 0.29) is 0 Å². The van der Waals surface area contributed by atoms with Crippen molar-refractivity contribution < 1.29 is 25.9 Å². The zero-order chi connectivity index (χ0) is 6.78. The fourth-order valence-corrected chi connectivity index (χ4v) is 0.267. The molecule has 0 spiro atoms. The van der Waals surface area contributed by atoms with Gasteiger partial charge in [-0.25, -0.2) is 12.6 Å². The molecule has 4 nitrogen and oxygen atoms in total. The van der Waals surface area contributed by atoms with Crippen LogP contribution in [0, 0.1) is 0 Å². The van der Waals surface area contributed by atoms with Crippen molar-refractivity contribution in [2.45, 2.75) is 6.61 Å². The Morgan fingerprint density at radius 1 is 1.50 bits per heavy atom. The maximum absolute atomic E-state index is 10.7. The van der Waals surface area contributed by atoms with Crippen LogP contribution in [0.1, 0.15) is 0 Å². The smallest absolute Gasteiger partial charge is 0.358 e. The summed E-state index contributed by atoms with van der Waals surface area (Å²) in [5.74, 6) is 0. The van der Waals surface area contributed by atoms with Crippen LogP contribution in [0.3, 0.4) is 0 Å². The highest BCUT2D eigenvalue weighted by atomic mass is 32.3. The number of halogens is 2. The second kappa shape index (κ2) is 2.33. The molecule has 0 rings (SSSR count). The standard InChI is InChI=1S/CH2F2O4S/c2-1(3)7-8(4,5)6/h1H,(H,4,5,6)/p-1. The molecular weight excluding hydrogens is 146 g/mol. The van der Waals surface area contributed by atoms with Crippen LogP contribution in [-0.2, 0) is 14.6 Å². The average molecular weight is 147 g/mol. The predicted molar refractivity (Wildman–Crippen MR) is 16.8 cm³/mol. The molecule has 0 fully saturated rings. The lowest BCUT2D eigenvalue weighted by molar-refractivity contribution is -0.0522. The van der Waals surface area contributed by atoms with Gasteiger partial charge in [-0.05, 0) is 0 Å². The van der Waals surface area contributed by atoms with Crippen LogP contribution in [0.5, 0.6) is 0 Å². The Hall–Kier alpha value is -0.270. The van der Waals surface area contributed by atoms with Gasteiger partial charge in [-0.1, -0.05) is 0 Å². The quantitative estimate of drug-likeness (QED) is 0.396. The number of hydrogen-bond acceptors (Lipinski definition) is 4. The molecule has 0 saturated heterocycles. The molecular formula is CHF2O4S-. The van der Waals surface area contributed by atoms with E-state index < -0.39 is 17.0 Å². The van der Waals surface area contributed by atoms with E-state index in [1.807, 2.05) is 0 Å². The van der Waals surface area contributed by atoms with E-state index >= 15 is 0 Å². The normalized spacial score (nSPS) is 12.5. The minimum Gasteiger partial charge on any atom is -0.725 e. The molecule has 0 N–H and O–H groups in total. The van der Waals surface area contributed by atoms with Gasteiger partial charge in [0.05, 0.1) is 0 Å². The van der Waals surface area contributed by atoms with Gasteiger partial charge in [0.2, 0.25) is 10.4 Å². The Morgan fingerprint density at radius 3 is 1.88 bits per heavy atom. The van der Waals surface area contributed by atoms with E-state index in [1.54, 1.807) is 0 Å². The van der Waals surface area contributed by atoms with Gasteiger partial charge in [-0.15, -0.1) is 0 Å². The molecule has 0 amide bonds. The van der Waals surface area contributed by atoms with E-state index in [4.69, 9.17) is 0 Å². The van der Waals surface area contributed by atoms with Crippen LogP contribution < -0.4 is 0 Å². The minimum absolute atomic E-state index is 2.52. The second-order valence-electron chi connectivity index (χ2n) is 0.765.